The van der Waals surface area contributed by atoms with Crippen molar-refractivity contribution >= 4 is 0 Å². The largest absolute Gasteiger partial charge is 0.312 e. The van der Waals surface area contributed by atoms with E-state index < -0.39 is 0 Å². The van der Waals surface area contributed by atoms with Crippen LogP contribution in [0.4, 0.5) is 0 Å². The van der Waals surface area contributed by atoms with Gasteiger partial charge in [0, 0.05) is 13.1 Å². The van der Waals surface area contributed by atoms with Crippen LogP contribution >= 0.6 is 0 Å². The summed E-state index contributed by atoms with van der Waals surface area (Å²) in [6, 6.07) is 6.70. The molecule has 0 atom stereocenters. The molecule has 0 aliphatic heterocycles. The Morgan fingerprint density at radius 1 is 1.12 bits per heavy atom. The van der Waals surface area contributed by atoms with Gasteiger partial charge in [-0.3, -0.25) is 0 Å². The van der Waals surface area contributed by atoms with Crippen LogP contribution in [0.3, 0.4) is 0 Å². The van der Waals surface area contributed by atoms with E-state index in [2.05, 4.69) is 58.1 Å². The van der Waals surface area contributed by atoms with Crippen LogP contribution in [-0.2, 0) is 6.54 Å². The first-order valence-electron chi connectivity index (χ1n) is 6.21. The van der Waals surface area contributed by atoms with E-state index >= 15 is 0 Å². The molecule has 0 heterocycles. The summed E-state index contributed by atoms with van der Waals surface area (Å²) in [6.45, 7) is 13.3. The molecule has 1 aromatic carbocycles. The third-order valence-corrected chi connectivity index (χ3v) is 3.46. The topological polar surface area (TPSA) is 12.0 Å². The highest BCUT2D eigenvalue weighted by molar-refractivity contribution is 5.29. The van der Waals surface area contributed by atoms with Crippen molar-refractivity contribution < 1.29 is 0 Å². The van der Waals surface area contributed by atoms with Crippen LogP contribution in [0, 0.1) is 19.3 Å². The van der Waals surface area contributed by atoms with Gasteiger partial charge in [-0.2, -0.15) is 0 Å². The van der Waals surface area contributed by atoms with Crippen LogP contribution in [0.5, 0.6) is 0 Å². The van der Waals surface area contributed by atoms with Gasteiger partial charge in [0.05, 0.1) is 0 Å². The zero-order valence-electron chi connectivity index (χ0n) is 11.4. The van der Waals surface area contributed by atoms with Gasteiger partial charge in [-0.05, 0) is 42.4 Å². The number of hydrogen-bond donors (Lipinski definition) is 1. The van der Waals surface area contributed by atoms with E-state index in [0.717, 1.165) is 13.1 Å². The van der Waals surface area contributed by atoms with Crippen LogP contribution in [0.25, 0.3) is 0 Å². The summed E-state index contributed by atoms with van der Waals surface area (Å²) in [7, 11) is 0. The molecule has 1 heteroatoms. The Morgan fingerprint density at radius 3 is 2.38 bits per heavy atom. The van der Waals surface area contributed by atoms with Crippen molar-refractivity contribution in [1.29, 1.82) is 0 Å². The first kappa shape index (κ1) is 13.2. The second-order valence-electron chi connectivity index (χ2n) is 5.54. The smallest absolute Gasteiger partial charge is 0.0205 e. The lowest BCUT2D eigenvalue weighted by atomic mass is 9.90. The Hall–Kier alpha value is -0.820. The molecule has 0 aliphatic rings. The van der Waals surface area contributed by atoms with Crippen LogP contribution in [-0.4, -0.2) is 6.54 Å². The Balaban J connectivity index is 2.46. The minimum absolute atomic E-state index is 0.403. The van der Waals surface area contributed by atoms with Crippen molar-refractivity contribution in [2.75, 3.05) is 6.54 Å². The maximum atomic E-state index is 3.54. The van der Waals surface area contributed by atoms with E-state index in [4.69, 9.17) is 0 Å². The normalized spacial score (nSPS) is 11.8. The Bertz CT molecular complexity index is 339. The molecule has 0 amide bonds. The van der Waals surface area contributed by atoms with Gasteiger partial charge in [0.2, 0.25) is 0 Å². The van der Waals surface area contributed by atoms with Gasteiger partial charge >= 0.3 is 0 Å². The highest BCUT2D eigenvalue weighted by Crippen LogP contribution is 2.18. The minimum atomic E-state index is 0.403. The molecule has 1 nitrogen and oxygen atoms in total. The van der Waals surface area contributed by atoms with Gasteiger partial charge < -0.3 is 5.32 Å². The molecule has 0 saturated heterocycles. The summed E-state index contributed by atoms with van der Waals surface area (Å²) in [5.41, 5.74) is 4.54. The highest BCUT2D eigenvalue weighted by Gasteiger charge is 2.13. The maximum Gasteiger partial charge on any atom is 0.0205 e. The van der Waals surface area contributed by atoms with Gasteiger partial charge in [0.1, 0.15) is 0 Å². The van der Waals surface area contributed by atoms with Crippen molar-refractivity contribution in [2.24, 2.45) is 5.41 Å². The van der Waals surface area contributed by atoms with Crippen LogP contribution in [0.2, 0.25) is 0 Å². The van der Waals surface area contributed by atoms with E-state index in [1.54, 1.807) is 0 Å². The second-order valence-corrected chi connectivity index (χ2v) is 5.54. The summed E-state index contributed by atoms with van der Waals surface area (Å²) in [6.07, 6.45) is 1.22. The fourth-order valence-electron chi connectivity index (χ4n) is 1.58. The molecule has 1 aromatic rings. The van der Waals surface area contributed by atoms with Crippen LogP contribution in [0.1, 0.15) is 43.9 Å². The zero-order valence-corrected chi connectivity index (χ0v) is 11.4. The highest BCUT2D eigenvalue weighted by atomic mass is 14.9. The molecule has 1 N–H and O–H groups in total. The van der Waals surface area contributed by atoms with Crippen LogP contribution < -0.4 is 5.32 Å². The fourth-order valence-corrected chi connectivity index (χ4v) is 1.58. The summed E-state index contributed by atoms with van der Waals surface area (Å²) in [4.78, 5) is 0. The number of hydrogen-bond acceptors (Lipinski definition) is 1. The number of aryl methyl sites for hydroxylation is 2. The average molecular weight is 219 g/mol. The molecule has 1 rings (SSSR count). The van der Waals surface area contributed by atoms with Crippen molar-refractivity contribution in [1.82, 2.24) is 5.32 Å². The Labute approximate surface area is 100 Å². The molecule has 0 radical (unpaired) electrons. The Morgan fingerprint density at radius 2 is 1.81 bits per heavy atom. The molecule has 0 unspecified atom stereocenters. The van der Waals surface area contributed by atoms with E-state index in [0.29, 0.717) is 5.41 Å². The molecule has 0 spiro atoms. The lowest BCUT2D eigenvalue weighted by molar-refractivity contribution is 0.327. The van der Waals surface area contributed by atoms with Crippen LogP contribution in [0.15, 0.2) is 18.2 Å². The summed E-state index contributed by atoms with van der Waals surface area (Å²) in [5.74, 6) is 0. The minimum Gasteiger partial charge on any atom is -0.312 e. The van der Waals surface area contributed by atoms with Gasteiger partial charge in [0.15, 0.2) is 0 Å². The SMILES string of the molecule is CCC(C)(C)CNCc1ccc(C)c(C)c1. The van der Waals surface area contributed by atoms with E-state index in [1.165, 1.54) is 23.1 Å². The van der Waals surface area contributed by atoms with Gasteiger partial charge in [-0.25, -0.2) is 0 Å². The molecular formula is C15H25N. The van der Waals surface area contributed by atoms with Crippen molar-refractivity contribution in [3.8, 4) is 0 Å². The fraction of sp³-hybridized carbons (Fsp3) is 0.600. The first-order chi connectivity index (χ1) is 7.44. The summed E-state index contributed by atoms with van der Waals surface area (Å²) in [5, 5.41) is 3.54. The lowest BCUT2D eigenvalue weighted by Crippen LogP contribution is -2.28. The average Bonchev–Trinajstić information content (AvgIpc) is 2.23. The van der Waals surface area contributed by atoms with Gasteiger partial charge in [0.25, 0.3) is 0 Å². The standard InChI is InChI=1S/C15H25N/c1-6-15(4,5)11-16-10-14-8-7-12(2)13(3)9-14/h7-9,16H,6,10-11H2,1-5H3. The predicted octanol–water partition coefficient (Wildman–Crippen LogP) is 3.83. The second kappa shape index (κ2) is 5.49. The van der Waals surface area contributed by atoms with Crippen molar-refractivity contribution in [3.63, 3.8) is 0 Å². The van der Waals surface area contributed by atoms with E-state index in [-0.39, 0.29) is 0 Å². The molecule has 0 bridgehead atoms. The number of benzene rings is 1. The van der Waals surface area contributed by atoms with Gasteiger partial charge in [-0.15, -0.1) is 0 Å². The maximum absolute atomic E-state index is 3.54. The molecule has 16 heavy (non-hydrogen) atoms. The predicted molar refractivity (Wildman–Crippen MR) is 71.7 cm³/mol. The molecule has 90 valence electrons. The monoisotopic (exact) mass is 219 g/mol. The molecule has 0 aliphatic carbocycles. The molecule has 0 aromatic heterocycles. The van der Waals surface area contributed by atoms with E-state index in [9.17, 15) is 0 Å². The van der Waals surface area contributed by atoms with Gasteiger partial charge in [-0.1, -0.05) is 39.0 Å². The quantitative estimate of drug-likeness (QED) is 0.793. The molecule has 0 saturated carbocycles. The molecule has 0 fully saturated rings. The number of nitrogens with one attached hydrogen (secondary N) is 1. The van der Waals surface area contributed by atoms with Crippen molar-refractivity contribution in [2.45, 2.75) is 47.6 Å². The summed E-state index contributed by atoms with van der Waals surface area (Å²) < 4.78 is 0. The molecular weight excluding hydrogens is 194 g/mol. The third-order valence-electron chi connectivity index (χ3n) is 3.46. The first-order valence-corrected chi connectivity index (χ1v) is 6.21. The van der Waals surface area contributed by atoms with E-state index in [1.807, 2.05) is 0 Å². The zero-order chi connectivity index (χ0) is 12.2. The lowest BCUT2D eigenvalue weighted by Gasteiger charge is -2.23. The third kappa shape index (κ3) is 3.97. The Kier molecular flexibility index (Phi) is 4.55. The summed E-state index contributed by atoms with van der Waals surface area (Å²) >= 11 is 0. The number of rotatable bonds is 5. The van der Waals surface area contributed by atoms with Crippen molar-refractivity contribution in [3.05, 3.63) is 34.9 Å².